The van der Waals surface area contributed by atoms with Crippen molar-refractivity contribution in [2.75, 3.05) is 13.1 Å². The Morgan fingerprint density at radius 2 is 1.81 bits per heavy atom. The Morgan fingerprint density at radius 1 is 1.31 bits per heavy atom. The molecule has 1 amide bonds. The summed E-state index contributed by atoms with van der Waals surface area (Å²) in [6, 6.07) is -0.511. The monoisotopic (exact) mass is 234 g/mol. The van der Waals surface area contributed by atoms with Crippen molar-refractivity contribution in [2.24, 2.45) is 17.6 Å². The summed E-state index contributed by atoms with van der Waals surface area (Å²) in [7, 11) is 0. The number of nitrogens with zero attached hydrogens (tertiary/aromatic N) is 1. The van der Waals surface area contributed by atoms with Gasteiger partial charge in [-0.25, -0.2) is 8.78 Å². The zero-order valence-corrected chi connectivity index (χ0v) is 9.83. The topological polar surface area (TPSA) is 46.3 Å². The van der Waals surface area contributed by atoms with Crippen molar-refractivity contribution < 1.29 is 13.6 Å². The van der Waals surface area contributed by atoms with E-state index in [0.717, 1.165) is 0 Å². The van der Waals surface area contributed by atoms with Crippen LogP contribution in [0.2, 0.25) is 0 Å². The molecule has 1 rings (SSSR count). The number of rotatable bonds is 3. The average molecular weight is 234 g/mol. The van der Waals surface area contributed by atoms with Gasteiger partial charge >= 0.3 is 0 Å². The second-order valence-corrected chi connectivity index (χ2v) is 4.77. The van der Waals surface area contributed by atoms with Gasteiger partial charge in [-0.1, -0.05) is 13.8 Å². The number of nitrogens with two attached hydrogens (primary N) is 1. The lowest BCUT2D eigenvalue weighted by molar-refractivity contribution is -0.135. The minimum absolute atomic E-state index is 0.0836. The molecular formula is C11H20F2N2O. The maximum Gasteiger partial charge on any atom is 0.241 e. The molecule has 0 aromatic rings. The molecule has 3 nitrogen and oxygen atoms in total. The Morgan fingerprint density at radius 3 is 2.19 bits per heavy atom. The average Bonchev–Trinajstić information content (AvgIpc) is 2.27. The molecule has 1 fully saturated rings. The number of carbonyl (C=O) groups is 1. The number of carbonyl (C=O) groups excluding carboxylic acids is 1. The van der Waals surface area contributed by atoms with Gasteiger partial charge in [0.1, 0.15) is 0 Å². The van der Waals surface area contributed by atoms with Gasteiger partial charge in [-0.2, -0.15) is 0 Å². The maximum absolute atomic E-state index is 12.4. The van der Waals surface area contributed by atoms with Crippen LogP contribution in [0, 0.1) is 11.8 Å². The molecule has 16 heavy (non-hydrogen) atoms. The van der Waals surface area contributed by atoms with Crippen LogP contribution in [0.3, 0.4) is 0 Å². The smallest absolute Gasteiger partial charge is 0.241 e. The standard InChI is InChI=1S/C11H20F2N2O/c1-7(2)9(14)11(16)15-5-3-8(4-6-15)10(12)13/h7-10H,3-6,14H2,1-2H3/t9-/m0/s1. The Kier molecular flexibility index (Phi) is 4.65. The zero-order chi connectivity index (χ0) is 12.3. The number of halogens is 2. The molecule has 0 saturated carbocycles. The van der Waals surface area contributed by atoms with Gasteiger partial charge in [-0.3, -0.25) is 4.79 Å². The molecule has 1 saturated heterocycles. The van der Waals surface area contributed by atoms with E-state index in [4.69, 9.17) is 5.73 Å². The van der Waals surface area contributed by atoms with Crippen LogP contribution < -0.4 is 5.73 Å². The van der Waals surface area contributed by atoms with Crippen molar-refractivity contribution in [2.45, 2.75) is 39.2 Å². The Bertz CT molecular complexity index is 238. The van der Waals surface area contributed by atoms with Crippen molar-refractivity contribution in [3.63, 3.8) is 0 Å². The highest BCUT2D eigenvalue weighted by atomic mass is 19.3. The highest BCUT2D eigenvalue weighted by molar-refractivity contribution is 5.82. The van der Waals surface area contributed by atoms with E-state index < -0.39 is 18.4 Å². The van der Waals surface area contributed by atoms with E-state index in [1.165, 1.54) is 0 Å². The second kappa shape index (κ2) is 5.57. The van der Waals surface area contributed by atoms with Gasteiger partial charge in [0.15, 0.2) is 0 Å². The van der Waals surface area contributed by atoms with E-state index in [9.17, 15) is 13.6 Å². The van der Waals surface area contributed by atoms with Crippen molar-refractivity contribution in [3.05, 3.63) is 0 Å². The number of hydrogen-bond acceptors (Lipinski definition) is 2. The molecule has 1 heterocycles. The van der Waals surface area contributed by atoms with Gasteiger partial charge in [-0.15, -0.1) is 0 Å². The van der Waals surface area contributed by atoms with Crippen LogP contribution >= 0.6 is 0 Å². The van der Waals surface area contributed by atoms with Gasteiger partial charge in [0.2, 0.25) is 12.3 Å². The number of hydrogen-bond donors (Lipinski definition) is 1. The first-order valence-corrected chi connectivity index (χ1v) is 5.76. The number of amides is 1. The molecule has 2 N–H and O–H groups in total. The molecule has 0 radical (unpaired) electrons. The highest BCUT2D eigenvalue weighted by Gasteiger charge is 2.30. The van der Waals surface area contributed by atoms with Crippen LogP contribution in [0.5, 0.6) is 0 Å². The fourth-order valence-corrected chi connectivity index (χ4v) is 1.87. The molecule has 0 unspecified atom stereocenters. The predicted molar refractivity (Wildman–Crippen MR) is 58.1 cm³/mol. The minimum atomic E-state index is -2.27. The van der Waals surface area contributed by atoms with E-state index in [2.05, 4.69) is 0 Å². The third kappa shape index (κ3) is 3.14. The summed E-state index contributed by atoms with van der Waals surface area (Å²) in [5.41, 5.74) is 5.75. The quantitative estimate of drug-likeness (QED) is 0.804. The van der Waals surface area contributed by atoms with Gasteiger partial charge < -0.3 is 10.6 Å². The molecule has 1 aliphatic heterocycles. The van der Waals surface area contributed by atoms with E-state index in [0.29, 0.717) is 25.9 Å². The lowest BCUT2D eigenvalue weighted by Gasteiger charge is -2.33. The Balaban J connectivity index is 2.45. The van der Waals surface area contributed by atoms with E-state index in [-0.39, 0.29) is 11.8 Å². The SMILES string of the molecule is CC(C)[C@H](N)C(=O)N1CCC(C(F)F)CC1. The first kappa shape index (κ1) is 13.4. The number of likely N-dealkylation sites (tertiary alicyclic amines) is 1. The highest BCUT2D eigenvalue weighted by Crippen LogP contribution is 2.24. The summed E-state index contributed by atoms with van der Waals surface area (Å²) in [4.78, 5) is 13.4. The van der Waals surface area contributed by atoms with Crippen LogP contribution in [-0.4, -0.2) is 36.4 Å². The van der Waals surface area contributed by atoms with Crippen LogP contribution in [0.1, 0.15) is 26.7 Å². The van der Waals surface area contributed by atoms with Gasteiger partial charge in [-0.05, 0) is 18.8 Å². The molecule has 1 aliphatic rings. The molecule has 1 atom stereocenters. The van der Waals surface area contributed by atoms with E-state index in [1.54, 1.807) is 4.90 Å². The molecule has 5 heteroatoms. The lowest BCUT2D eigenvalue weighted by Crippen LogP contribution is -2.49. The normalized spacial score (nSPS) is 20.6. The molecule has 0 spiro atoms. The largest absolute Gasteiger partial charge is 0.341 e. The molecule has 0 aromatic carbocycles. The fraction of sp³-hybridized carbons (Fsp3) is 0.909. The summed E-state index contributed by atoms with van der Waals surface area (Å²) in [5, 5.41) is 0. The Hall–Kier alpha value is -0.710. The van der Waals surface area contributed by atoms with Crippen LogP contribution in [-0.2, 0) is 4.79 Å². The van der Waals surface area contributed by atoms with Crippen molar-refractivity contribution in [3.8, 4) is 0 Å². The third-order valence-electron chi connectivity index (χ3n) is 3.21. The fourth-order valence-electron chi connectivity index (χ4n) is 1.87. The first-order valence-electron chi connectivity index (χ1n) is 5.76. The zero-order valence-electron chi connectivity index (χ0n) is 9.83. The van der Waals surface area contributed by atoms with Gasteiger partial charge in [0.25, 0.3) is 0 Å². The maximum atomic E-state index is 12.4. The number of piperidine rings is 1. The summed E-state index contributed by atoms with van der Waals surface area (Å²) < 4.78 is 24.8. The van der Waals surface area contributed by atoms with Gasteiger partial charge in [0.05, 0.1) is 6.04 Å². The second-order valence-electron chi connectivity index (χ2n) is 4.77. The Labute approximate surface area is 95.0 Å². The van der Waals surface area contributed by atoms with Crippen LogP contribution in [0.4, 0.5) is 8.78 Å². The summed E-state index contributed by atoms with van der Waals surface area (Å²) >= 11 is 0. The summed E-state index contributed by atoms with van der Waals surface area (Å²) in [6.45, 7) is 4.59. The minimum Gasteiger partial charge on any atom is -0.341 e. The van der Waals surface area contributed by atoms with Crippen molar-refractivity contribution in [1.29, 1.82) is 0 Å². The van der Waals surface area contributed by atoms with Crippen molar-refractivity contribution in [1.82, 2.24) is 4.90 Å². The van der Waals surface area contributed by atoms with Crippen LogP contribution in [0.15, 0.2) is 0 Å². The summed E-state index contributed by atoms with van der Waals surface area (Å²) in [5.74, 6) is -0.581. The summed E-state index contributed by atoms with van der Waals surface area (Å²) in [6.07, 6.45) is -1.50. The van der Waals surface area contributed by atoms with Crippen molar-refractivity contribution >= 4 is 5.91 Å². The van der Waals surface area contributed by atoms with Gasteiger partial charge in [0, 0.05) is 19.0 Å². The molecule has 0 bridgehead atoms. The first-order chi connectivity index (χ1) is 7.43. The molecular weight excluding hydrogens is 214 g/mol. The predicted octanol–water partition coefficient (Wildman–Crippen LogP) is 1.47. The van der Waals surface area contributed by atoms with Crippen LogP contribution in [0.25, 0.3) is 0 Å². The lowest BCUT2D eigenvalue weighted by atomic mass is 9.96. The molecule has 94 valence electrons. The van der Waals surface area contributed by atoms with E-state index in [1.807, 2.05) is 13.8 Å². The molecule has 0 aliphatic carbocycles. The number of alkyl halides is 2. The van der Waals surface area contributed by atoms with E-state index >= 15 is 0 Å². The third-order valence-corrected chi connectivity index (χ3v) is 3.21. The molecule has 0 aromatic heterocycles.